The molecule has 0 amide bonds. The van der Waals surface area contributed by atoms with Crippen molar-refractivity contribution in [1.29, 1.82) is 0 Å². The fourth-order valence-electron chi connectivity index (χ4n) is 0.282. The zero-order valence-electron chi connectivity index (χ0n) is 3.52. The molecule has 31 valence electrons. The number of allylic oxidation sites excluding steroid dienone is 1. The zero-order chi connectivity index (χ0) is 4.41. The summed E-state index contributed by atoms with van der Waals surface area (Å²) in [5.74, 6) is 0. The van der Waals surface area contributed by atoms with E-state index < -0.39 is 0 Å². The standard InChI is InChI=1S/C4H5As2/c1-4-2-5-6-3-4/h2,5H,1H3. The Morgan fingerprint density at radius 3 is 3.00 bits per heavy atom. The predicted octanol–water partition coefficient (Wildman–Crippen LogP) is -0.361. The monoisotopic (exact) mass is 203 g/mol. The molecule has 0 N–H and O–H groups in total. The number of hydrogen-bond acceptors (Lipinski definition) is 0. The molecule has 0 aliphatic carbocycles. The number of hydrogen-bond donors (Lipinski definition) is 0. The van der Waals surface area contributed by atoms with Gasteiger partial charge >= 0.3 is 49.1 Å². The van der Waals surface area contributed by atoms with Gasteiger partial charge in [-0.25, -0.2) is 0 Å². The van der Waals surface area contributed by atoms with Crippen LogP contribution in [0.4, 0.5) is 0 Å². The molecule has 0 bridgehead atoms. The molecule has 0 saturated carbocycles. The molecule has 1 radical (unpaired) electrons. The van der Waals surface area contributed by atoms with E-state index in [9.17, 15) is 0 Å². The summed E-state index contributed by atoms with van der Waals surface area (Å²) < 4.78 is 0. The molecule has 2 heteroatoms. The van der Waals surface area contributed by atoms with E-state index in [1.54, 1.807) is 0 Å². The molecule has 1 aliphatic heterocycles. The van der Waals surface area contributed by atoms with Crippen LogP contribution in [0.15, 0.2) is 10.4 Å². The molecule has 0 aromatic carbocycles. The fourth-order valence-corrected chi connectivity index (χ4v) is 7.61. The van der Waals surface area contributed by atoms with Gasteiger partial charge in [-0.05, 0) is 0 Å². The fraction of sp³-hybridized carbons (Fsp3) is 0.250. The molecule has 1 aliphatic rings. The van der Waals surface area contributed by atoms with Gasteiger partial charge in [0.05, 0.1) is 0 Å². The first-order valence-electron chi connectivity index (χ1n) is 1.77. The summed E-state index contributed by atoms with van der Waals surface area (Å²) in [6.45, 7) is 2.14. The molecule has 1 rings (SSSR count). The SMILES string of the molecule is CC1=C[AsH][As]=[C]1. The van der Waals surface area contributed by atoms with Crippen LogP contribution in [0.5, 0.6) is 0 Å². The van der Waals surface area contributed by atoms with Gasteiger partial charge in [0.25, 0.3) is 0 Å². The first kappa shape index (κ1) is 4.88. The van der Waals surface area contributed by atoms with Crippen LogP contribution in [0, 0.1) is 0 Å². The van der Waals surface area contributed by atoms with Crippen LogP contribution >= 0.6 is 0 Å². The van der Waals surface area contributed by atoms with Gasteiger partial charge in [-0.2, -0.15) is 0 Å². The molecular weight excluding hydrogens is 198 g/mol. The molecule has 6 heavy (non-hydrogen) atoms. The summed E-state index contributed by atoms with van der Waals surface area (Å²) in [6.07, 6.45) is 0. The van der Waals surface area contributed by atoms with E-state index in [0.717, 1.165) is 0 Å². The van der Waals surface area contributed by atoms with Crippen molar-refractivity contribution in [3.05, 3.63) is 10.4 Å². The second-order valence-corrected chi connectivity index (χ2v) is 8.52. The molecule has 0 spiro atoms. The summed E-state index contributed by atoms with van der Waals surface area (Å²) in [5.41, 5.74) is 1.43. The van der Waals surface area contributed by atoms with Crippen molar-refractivity contribution >= 4 is 31.7 Å². The Labute approximate surface area is 49.2 Å². The van der Waals surface area contributed by atoms with E-state index in [1.165, 1.54) is 5.57 Å². The first-order valence-corrected chi connectivity index (χ1v) is 9.74. The van der Waals surface area contributed by atoms with Gasteiger partial charge in [0.2, 0.25) is 0 Å². The van der Waals surface area contributed by atoms with Gasteiger partial charge in [-0.1, -0.05) is 0 Å². The molecule has 1 unspecified atom stereocenters. The molecule has 0 saturated heterocycles. The summed E-state index contributed by atoms with van der Waals surface area (Å²) >= 11 is 1.02. The van der Waals surface area contributed by atoms with E-state index in [0.29, 0.717) is 26.9 Å². The van der Waals surface area contributed by atoms with Gasteiger partial charge in [0, 0.05) is 0 Å². The molecular formula is C4H5As2. The predicted molar refractivity (Wildman–Crippen MR) is 31.7 cm³/mol. The van der Waals surface area contributed by atoms with Gasteiger partial charge in [0.1, 0.15) is 0 Å². The van der Waals surface area contributed by atoms with E-state index in [2.05, 4.69) is 16.6 Å². The third kappa shape index (κ3) is 1.10. The minimum atomic E-state index is 0.416. The van der Waals surface area contributed by atoms with Gasteiger partial charge in [-0.15, -0.1) is 0 Å². The van der Waals surface area contributed by atoms with Crippen molar-refractivity contribution in [2.75, 3.05) is 0 Å². The molecule has 0 aromatic heterocycles. The van der Waals surface area contributed by atoms with Crippen LogP contribution in [0.3, 0.4) is 0 Å². The second-order valence-electron chi connectivity index (χ2n) is 1.18. The maximum absolute atomic E-state index is 3.33. The third-order valence-electron chi connectivity index (χ3n) is 0.578. The van der Waals surface area contributed by atoms with Gasteiger partial charge in [0.15, 0.2) is 0 Å². The van der Waals surface area contributed by atoms with E-state index in [-0.39, 0.29) is 0 Å². The summed E-state index contributed by atoms with van der Waals surface area (Å²) in [5, 5.41) is 0. The number of rotatable bonds is 0. The third-order valence-corrected chi connectivity index (χ3v) is 7.04. The molecule has 0 aromatic rings. The maximum atomic E-state index is 3.33. The minimum absolute atomic E-state index is 0.416. The first-order chi connectivity index (χ1) is 2.89. The summed E-state index contributed by atoms with van der Waals surface area (Å²) in [4.78, 5) is 5.70. The van der Waals surface area contributed by atoms with Crippen LogP contribution in [-0.4, -0.2) is 31.7 Å². The normalized spacial score (nSPS) is 25.2. The second kappa shape index (κ2) is 2.14. The van der Waals surface area contributed by atoms with Crippen LogP contribution in [0.25, 0.3) is 0 Å². The Hall–Kier alpha value is 0.727. The topological polar surface area (TPSA) is 0 Å². The van der Waals surface area contributed by atoms with Crippen molar-refractivity contribution < 1.29 is 0 Å². The van der Waals surface area contributed by atoms with Crippen molar-refractivity contribution in [3.63, 3.8) is 0 Å². The quantitative estimate of drug-likeness (QED) is 0.471. The Kier molecular flexibility index (Phi) is 1.74. The Morgan fingerprint density at radius 2 is 2.83 bits per heavy atom. The van der Waals surface area contributed by atoms with E-state index in [4.69, 9.17) is 0 Å². The van der Waals surface area contributed by atoms with Crippen LogP contribution < -0.4 is 0 Å². The molecule has 1 atom stereocenters. The van der Waals surface area contributed by atoms with Gasteiger partial charge in [-0.3, -0.25) is 0 Å². The Balaban J connectivity index is 2.68. The average molecular weight is 203 g/mol. The Bertz CT molecular complexity index is 99.4. The van der Waals surface area contributed by atoms with Crippen LogP contribution in [0.1, 0.15) is 6.92 Å². The summed E-state index contributed by atoms with van der Waals surface area (Å²) in [6, 6.07) is 0. The molecule has 0 nitrogen and oxygen atoms in total. The van der Waals surface area contributed by atoms with Crippen molar-refractivity contribution in [2.45, 2.75) is 6.92 Å². The van der Waals surface area contributed by atoms with Crippen molar-refractivity contribution in [1.82, 2.24) is 0 Å². The van der Waals surface area contributed by atoms with Gasteiger partial charge < -0.3 is 0 Å². The van der Waals surface area contributed by atoms with E-state index >= 15 is 0 Å². The summed E-state index contributed by atoms with van der Waals surface area (Å²) in [7, 11) is 0. The van der Waals surface area contributed by atoms with Crippen LogP contribution in [0.2, 0.25) is 0 Å². The van der Waals surface area contributed by atoms with Crippen molar-refractivity contribution in [2.24, 2.45) is 0 Å². The van der Waals surface area contributed by atoms with Crippen LogP contribution in [-0.2, 0) is 0 Å². The van der Waals surface area contributed by atoms with E-state index in [1.807, 2.05) is 0 Å². The molecule has 1 heterocycles. The Morgan fingerprint density at radius 1 is 2.00 bits per heavy atom. The van der Waals surface area contributed by atoms with Crippen molar-refractivity contribution in [3.8, 4) is 0 Å². The molecule has 0 fully saturated rings. The zero-order valence-corrected chi connectivity index (χ0v) is 7.50. The average Bonchev–Trinajstić information content (AvgIpc) is 1.86.